The number of benzene rings is 4. The predicted molar refractivity (Wildman–Crippen MR) is 140 cm³/mol. The first-order valence-corrected chi connectivity index (χ1v) is 11.7. The first-order valence-electron chi connectivity index (χ1n) is 11.7. The molecule has 0 atom stereocenters. The van der Waals surface area contributed by atoms with Crippen molar-refractivity contribution in [2.24, 2.45) is 0 Å². The molecule has 0 aliphatic rings. The van der Waals surface area contributed by atoms with Crippen molar-refractivity contribution in [1.29, 1.82) is 0 Å². The van der Waals surface area contributed by atoms with E-state index in [9.17, 15) is 19.5 Å². The van der Waals surface area contributed by atoms with Crippen LogP contribution in [0, 0.1) is 0 Å². The van der Waals surface area contributed by atoms with E-state index in [0.29, 0.717) is 22.9 Å². The zero-order valence-electron chi connectivity index (χ0n) is 20.0. The van der Waals surface area contributed by atoms with E-state index < -0.39 is 18.2 Å². The largest absolute Gasteiger partial charge is 0.478 e. The van der Waals surface area contributed by atoms with Crippen LogP contribution in [0.5, 0.6) is 0 Å². The van der Waals surface area contributed by atoms with Gasteiger partial charge in [0.15, 0.2) is 0 Å². The van der Waals surface area contributed by atoms with Gasteiger partial charge in [-0.3, -0.25) is 5.32 Å². The van der Waals surface area contributed by atoms with Crippen molar-refractivity contribution in [3.8, 4) is 0 Å². The van der Waals surface area contributed by atoms with Gasteiger partial charge in [-0.05, 0) is 46.7 Å². The third-order valence-electron chi connectivity index (χ3n) is 5.57. The Morgan fingerprint density at radius 3 is 2.14 bits per heavy atom. The van der Waals surface area contributed by atoms with Gasteiger partial charge in [0.05, 0.1) is 17.8 Å². The van der Waals surface area contributed by atoms with Crippen molar-refractivity contribution in [1.82, 2.24) is 5.32 Å². The fraction of sp³-hybridized carbons (Fsp3) is 0.138. The lowest BCUT2D eigenvalue weighted by atomic mass is 9.98. The molecule has 0 saturated carbocycles. The lowest BCUT2D eigenvalue weighted by Gasteiger charge is -2.13. The molecule has 0 bridgehead atoms. The van der Waals surface area contributed by atoms with Gasteiger partial charge >= 0.3 is 18.2 Å². The Labute approximate surface area is 213 Å². The number of hydrogen-bond acceptors (Lipinski definition) is 5. The number of alkyl carbamates (subject to hydrolysis) is 1. The molecule has 8 heteroatoms. The highest BCUT2D eigenvalue weighted by Gasteiger charge is 2.13. The molecule has 8 nitrogen and oxygen atoms in total. The molecule has 0 spiro atoms. The normalized spacial score (nSPS) is 10.5. The number of rotatable bonds is 9. The van der Waals surface area contributed by atoms with Crippen LogP contribution in [0.1, 0.15) is 27.0 Å². The quantitative estimate of drug-likeness (QED) is 0.259. The summed E-state index contributed by atoms with van der Waals surface area (Å²) in [6.07, 6.45) is -0.705. The van der Waals surface area contributed by atoms with E-state index in [1.54, 1.807) is 6.07 Å². The summed E-state index contributed by atoms with van der Waals surface area (Å²) in [7, 11) is 0. The highest BCUT2D eigenvalue weighted by molar-refractivity contribution is 6.05. The standard InChI is InChI=1S/C29H26N2O6/c32-27(33)24-17-23-12-11-22(15-20-7-3-1-4-8-20)16-25(23)26(18-24)31-29(35)36-14-13-30-28(34)37-19-21-9-5-2-6-10-21/h1-12,16-18H,13-15,19H2,(H,30,34)(H,31,35)(H,32,33). The highest BCUT2D eigenvalue weighted by atomic mass is 16.6. The van der Waals surface area contributed by atoms with Gasteiger partial charge in [0, 0.05) is 5.39 Å². The van der Waals surface area contributed by atoms with Crippen molar-refractivity contribution in [2.45, 2.75) is 13.0 Å². The molecule has 4 aromatic carbocycles. The molecule has 0 heterocycles. The second kappa shape index (κ2) is 12.2. The van der Waals surface area contributed by atoms with Crippen LogP contribution in [0.15, 0.2) is 91.0 Å². The van der Waals surface area contributed by atoms with E-state index in [2.05, 4.69) is 10.6 Å². The molecular weight excluding hydrogens is 472 g/mol. The van der Waals surface area contributed by atoms with Crippen LogP contribution >= 0.6 is 0 Å². The molecule has 4 rings (SSSR count). The Kier molecular flexibility index (Phi) is 8.33. The number of carboxylic acids is 1. The summed E-state index contributed by atoms with van der Waals surface area (Å²) in [6, 6.07) is 27.9. The molecule has 3 N–H and O–H groups in total. The average molecular weight is 499 g/mol. The number of anilines is 1. The Balaban J connectivity index is 1.36. The fourth-order valence-corrected chi connectivity index (χ4v) is 3.79. The molecular formula is C29H26N2O6. The topological polar surface area (TPSA) is 114 Å². The number of carbonyl (C=O) groups is 3. The van der Waals surface area contributed by atoms with E-state index in [1.807, 2.05) is 78.9 Å². The smallest absolute Gasteiger partial charge is 0.411 e. The molecule has 0 aliphatic carbocycles. The van der Waals surface area contributed by atoms with Gasteiger partial charge in [-0.2, -0.15) is 0 Å². The van der Waals surface area contributed by atoms with Gasteiger partial charge in [-0.1, -0.05) is 72.8 Å². The fourth-order valence-electron chi connectivity index (χ4n) is 3.79. The molecule has 0 unspecified atom stereocenters. The minimum Gasteiger partial charge on any atom is -0.478 e. The van der Waals surface area contributed by atoms with Crippen molar-refractivity contribution in [2.75, 3.05) is 18.5 Å². The number of fused-ring (bicyclic) bond motifs is 1. The molecule has 0 fully saturated rings. The molecule has 0 radical (unpaired) electrons. The number of ether oxygens (including phenoxy) is 2. The Morgan fingerprint density at radius 2 is 1.43 bits per heavy atom. The Bertz CT molecular complexity index is 1390. The zero-order chi connectivity index (χ0) is 26.0. The van der Waals surface area contributed by atoms with Gasteiger partial charge in [-0.25, -0.2) is 14.4 Å². The molecule has 188 valence electrons. The summed E-state index contributed by atoms with van der Waals surface area (Å²) in [6.45, 7) is 0.0908. The molecule has 0 aromatic heterocycles. The maximum absolute atomic E-state index is 12.4. The monoisotopic (exact) mass is 498 g/mol. The van der Waals surface area contributed by atoms with Crippen molar-refractivity contribution >= 4 is 34.6 Å². The number of hydrogen-bond donors (Lipinski definition) is 3. The van der Waals surface area contributed by atoms with Gasteiger partial charge in [0.1, 0.15) is 13.2 Å². The molecule has 2 amide bonds. The predicted octanol–water partition coefficient (Wildman–Crippen LogP) is 5.60. The second-order valence-electron chi connectivity index (χ2n) is 8.30. The number of amides is 2. The SMILES string of the molecule is O=C(NCCOC(=O)Nc1cc(C(=O)O)cc2ccc(Cc3ccccc3)cc12)OCc1ccccc1. The van der Waals surface area contributed by atoms with Crippen molar-refractivity contribution in [3.63, 3.8) is 0 Å². The van der Waals surface area contributed by atoms with Crippen molar-refractivity contribution in [3.05, 3.63) is 113 Å². The van der Waals surface area contributed by atoms with Crippen LogP contribution < -0.4 is 10.6 Å². The molecule has 0 aliphatic heterocycles. The van der Waals surface area contributed by atoms with E-state index >= 15 is 0 Å². The molecule has 0 saturated heterocycles. The van der Waals surface area contributed by atoms with Crippen LogP contribution in [0.3, 0.4) is 0 Å². The first kappa shape index (κ1) is 25.2. The number of carbonyl (C=O) groups excluding carboxylic acids is 2. The zero-order valence-corrected chi connectivity index (χ0v) is 20.0. The Morgan fingerprint density at radius 1 is 0.730 bits per heavy atom. The molecule has 4 aromatic rings. The maximum Gasteiger partial charge on any atom is 0.411 e. The average Bonchev–Trinajstić information content (AvgIpc) is 2.91. The summed E-state index contributed by atoms with van der Waals surface area (Å²) in [4.78, 5) is 35.9. The lowest BCUT2D eigenvalue weighted by Crippen LogP contribution is -2.29. The van der Waals surface area contributed by atoms with Crippen LogP contribution in [0.25, 0.3) is 10.8 Å². The van der Waals surface area contributed by atoms with E-state index in [0.717, 1.165) is 16.7 Å². The van der Waals surface area contributed by atoms with Crippen LogP contribution in [-0.4, -0.2) is 36.4 Å². The minimum atomic E-state index is -1.11. The Hall–Kier alpha value is -4.85. The van der Waals surface area contributed by atoms with Crippen LogP contribution in [-0.2, 0) is 22.5 Å². The van der Waals surface area contributed by atoms with Crippen molar-refractivity contribution < 1.29 is 29.0 Å². The van der Waals surface area contributed by atoms with Gasteiger partial charge in [0.2, 0.25) is 0 Å². The number of carboxylic acid groups (broad SMARTS) is 1. The number of nitrogens with one attached hydrogen (secondary N) is 2. The minimum absolute atomic E-state index is 0.0430. The third-order valence-corrected chi connectivity index (χ3v) is 5.57. The van der Waals surface area contributed by atoms with E-state index in [4.69, 9.17) is 9.47 Å². The van der Waals surface area contributed by atoms with Crippen LogP contribution in [0.4, 0.5) is 15.3 Å². The summed E-state index contributed by atoms with van der Waals surface area (Å²) >= 11 is 0. The van der Waals surface area contributed by atoms with E-state index in [-0.39, 0.29) is 25.3 Å². The maximum atomic E-state index is 12.4. The van der Waals surface area contributed by atoms with Gasteiger partial charge in [0.25, 0.3) is 0 Å². The van der Waals surface area contributed by atoms with Crippen LogP contribution in [0.2, 0.25) is 0 Å². The third kappa shape index (κ3) is 7.32. The van der Waals surface area contributed by atoms with E-state index in [1.165, 1.54) is 6.07 Å². The molecule has 37 heavy (non-hydrogen) atoms. The lowest BCUT2D eigenvalue weighted by molar-refractivity contribution is 0.0697. The van der Waals surface area contributed by atoms with Gasteiger partial charge in [-0.15, -0.1) is 0 Å². The van der Waals surface area contributed by atoms with Gasteiger partial charge < -0.3 is 19.9 Å². The summed E-state index contributed by atoms with van der Waals surface area (Å²) in [5.74, 6) is -1.11. The number of aromatic carboxylic acids is 1. The summed E-state index contributed by atoms with van der Waals surface area (Å²) in [5.41, 5.74) is 3.37. The second-order valence-corrected chi connectivity index (χ2v) is 8.30. The highest BCUT2D eigenvalue weighted by Crippen LogP contribution is 2.28. The summed E-state index contributed by atoms with van der Waals surface area (Å²) < 4.78 is 10.3. The first-order chi connectivity index (χ1) is 18.0. The summed E-state index contributed by atoms with van der Waals surface area (Å²) in [5, 5.41) is 16.0.